The molecule has 1 aromatic heterocycles. The molecule has 0 aliphatic rings. The molecule has 5 rings (SSSR count). The minimum atomic E-state index is -1.28. The lowest BCUT2D eigenvalue weighted by atomic mass is 9.70. The summed E-state index contributed by atoms with van der Waals surface area (Å²) in [5.74, 6) is 0.0390. The molecule has 0 radical (unpaired) electrons. The number of hydrogen-bond donors (Lipinski definition) is 1. The highest BCUT2D eigenvalue weighted by Gasteiger charge is 2.43. The third-order valence-corrected chi connectivity index (χ3v) is 7.91. The van der Waals surface area contributed by atoms with Gasteiger partial charge in [0.2, 0.25) is 5.88 Å². The van der Waals surface area contributed by atoms with E-state index in [0.717, 1.165) is 42.8 Å². The van der Waals surface area contributed by atoms with Crippen LogP contribution in [0.1, 0.15) is 29.0 Å². The molecule has 40 heavy (non-hydrogen) atoms. The number of fused-ring (bicyclic) bond motifs is 2. The maximum atomic E-state index is 13.2. The molecule has 0 aliphatic carbocycles. The highest BCUT2D eigenvalue weighted by molar-refractivity contribution is 9.10. The van der Waals surface area contributed by atoms with Gasteiger partial charge in [-0.15, -0.1) is 0 Å². The third-order valence-electron chi connectivity index (χ3n) is 7.41. The number of aromatic nitrogens is 1. The van der Waals surface area contributed by atoms with Crippen molar-refractivity contribution >= 4 is 37.6 Å². The predicted octanol–water partition coefficient (Wildman–Crippen LogP) is 7.15. The van der Waals surface area contributed by atoms with Crippen LogP contribution in [0.4, 0.5) is 0 Å². The van der Waals surface area contributed by atoms with E-state index >= 15 is 0 Å². The summed E-state index contributed by atoms with van der Waals surface area (Å²) in [6.45, 7) is 1.48. The zero-order valence-corrected chi connectivity index (χ0v) is 24.8. The van der Waals surface area contributed by atoms with Gasteiger partial charge in [-0.1, -0.05) is 88.7 Å². The Morgan fingerprint density at radius 3 is 2.40 bits per heavy atom. The summed E-state index contributed by atoms with van der Waals surface area (Å²) in [7, 11) is 5.73. The first-order chi connectivity index (χ1) is 19.4. The van der Waals surface area contributed by atoms with E-state index in [9.17, 15) is 5.11 Å². The van der Waals surface area contributed by atoms with Crippen LogP contribution in [0.25, 0.3) is 21.7 Å². The lowest BCUT2D eigenvalue weighted by Crippen LogP contribution is -2.38. The molecule has 2 atom stereocenters. The number of rotatable bonds is 11. The van der Waals surface area contributed by atoms with Crippen molar-refractivity contribution in [1.82, 2.24) is 9.88 Å². The molecule has 0 spiro atoms. The molecule has 1 N–H and O–H groups in total. The fraction of sp³-hybridized carbons (Fsp3) is 0.265. The Bertz CT molecular complexity index is 1590. The first-order valence-corrected chi connectivity index (χ1v) is 14.3. The van der Waals surface area contributed by atoms with Gasteiger partial charge in [-0.05, 0) is 66.7 Å². The lowest BCUT2D eigenvalue weighted by molar-refractivity contribution is 0.00489. The zero-order valence-electron chi connectivity index (χ0n) is 23.2. The van der Waals surface area contributed by atoms with Crippen molar-refractivity contribution in [2.75, 3.05) is 41.0 Å². The number of nitrogens with zero attached hydrogens (tertiary/aromatic N) is 2. The number of benzene rings is 4. The average Bonchev–Trinajstić information content (AvgIpc) is 2.97. The van der Waals surface area contributed by atoms with E-state index in [-0.39, 0.29) is 0 Å². The van der Waals surface area contributed by atoms with Crippen LogP contribution in [0, 0.1) is 0 Å². The molecule has 0 saturated heterocycles. The van der Waals surface area contributed by atoms with Crippen LogP contribution in [-0.4, -0.2) is 56.0 Å². The predicted molar refractivity (Wildman–Crippen MR) is 166 cm³/mol. The zero-order chi connectivity index (χ0) is 28.1. The summed E-state index contributed by atoms with van der Waals surface area (Å²) in [6, 6.07) is 32.8. The van der Waals surface area contributed by atoms with Crippen molar-refractivity contribution in [1.29, 1.82) is 0 Å². The van der Waals surface area contributed by atoms with E-state index in [4.69, 9.17) is 14.5 Å². The highest BCUT2D eigenvalue weighted by atomic mass is 79.9. The summed E-state index contributed by atoms with van der Waals surface area (Å²) >= 11 is 3.62. The number of pyridine rings is 1. The van der Waals surface area contributed by atoms with Gasteiger partial charge in [0, 0.05) is 35.0 Å². The lowest BCUT2D eigenvalue weighted by Gasteiger charge is -2.39. The van der Waals surface area contributed by atoms with Crippen LogP contribution < -0.4 is 4.74 Å². The Hall–Kier alpha value is -3.29. The molecule has 0 saturated carbocycles. The van der Waals surface area contributed by atoms with Crippen LogP contribution in [0.5, 0.6) is 5.88 Å². The molecule has 0 unspecified atom stereocenters. The molecule has 0 aliphatic heterocycles. The Balaban J connectivity index is 1.82. The van der Waals surface area contributed by atoms with E-state index in [0.29, 0.717) is 32.1 Å². The van der Waals surface area contributed by atoms with E-state index in [1.165, 1.54) is 0 Å². The van der Waals surface area contributed by atoms with Crippen LogP contribution in [0.3, 0.4) is 0 Å². The Morgan fingerprint density at radius 1 is 0.875 bits per heavy atom. The van der Waals surface area contributed by atoms with Crippen molar-refractivity contribution in [2.24, 2.45) is 0 Å². The topological polar surface area (TPSA) is 54.8 Å². The number of ether oxygens (including phenoxy) is 2. The Morgan fingerprint density at radius 2 is 1.62 bits per heavy atom. The van der Waals surface area contributed by atoms with Crippen molar-refractivity contribution in [3.63, 3.8) is 0 Å². The first kappa shape index (κ1) is 28.2. The van der Waals surface area contributed by atoms with E-state index in [1.807, 2.05) is 62.6 Å². The minimum absolute atomic E-state index is 0.352. The minimum Gasteiger partial charge on any atom is -0.475 e. The third kappa shape index (κ3) is 5.91. The average molecular weight is 600 g/mol. The standard InChI is InChI=1S/C34H35BrN2O3/c1-37(2)19-18-34(38,30-15-9-13-24-10-7-8-14-28(24)30)32(25-11-5-4-6-12-25)29-23-26-22-27(35)16-17-31(26)36-33(29)40-21-20-39-3/h4-17,22-23,32,38H,18-21H2,1-3H3/t32-,34-/m0/s1. The second kappa shape index (κ2) is 12.5. The molecule has 0 bridgehead atoms. The molecule has 5 nitrogen and oxygen atoms in total. The molecular formula is C34H35BrN2O3. The summed E-state index contributed by atoms with van der Waals surface area (Å²) in [6.07, 6.45) is 0.502. The summed E-state index contributed by atoms with van der Waals surface area (Å²) < 4.78 is 12.5. The van der Waals surface area contributed by atoms with Gasteiger partial charge in [0.25, 0.3) is 0 Å². The number of methoxy groups -OCH3 is 1. The highest BCUT2D eigenvalue weighted by Crippen LogP contribution is 2.49. The maximum absolute atomic E-state index is 13.2. The molecular weight excluding hydrogens is 564 g/mol. The Kier molecular flexibility index (Phi) is 8.81. The van der Waals surface area contributed by atoms with Crippen LogP contribution in [-0.2, 0) is 10.3 Å². The number of hydrogen-bond acceptors (Lipinski definition) is 5. The van der Waals surface area contributed by atoms with Crippen molar-refractivity contribution in [3.8, 4) is 5.88 Å². The number of halogens is 1. The summed E-state index contributed by atoms with van der Waals surface area (Å²) in [5.41, 5.74) is 2.26. The molecule has 206 valence electrons. The molecule has 0 fully saturated rings. The van der Waals surface area contributed by atoms with Gasteiger partial charge in [0.05, 0.1) is 12.1 Å². The second-order valence-corrected chi connectivity index (χ2v) is 11.3. The SMILES string of the molecule is COCCOc1nc2ccc(Br)cc2cc1[C@H](c1ccccc1)[C@](O)(CCN(C)C)c1cccc2ccccc12. The number of aliphatic hydroxyl groups is 1. The van der Waals surface area contributed by atoms with Crippen LogP contribution >= 0.6 is 15.9 Å². The normalized spacial score (nSPS) is 13.9. The van der Waals surface area contributed by atoms with Crippen molar-refractivity contribution in [2.45, 2.75) is 17.9 Å². The maximum Gasteiger partial charge on any atom is 0.217 e. The molecule has 6 heteroatoms. The van der Waals surface area contributed by atoms with Gasteiger partial charge in [-0.2, -0.15) is 0 Å². The second-order valence-electron chi connectivity index (χ2n) is 10.4. The Labute approximate surface area is 244 Å². The van der Waals surface area contributed by atoms with Gasteiger partial charge in [-0.3, -0.25) is 0 Å². The molecule has 1 heterocycles. The fourth-order valence-electron chi connectivity index (χ4n) is 5.48. The van der Waals surface area contributed by atoms with E-state index in [2.05, 4.69) is 69.4 Å². The van der Waals surface area contributed by atoms with Crippen LogP contribution in [0.2, 0.25) is 0 Å². The molecule has 0 amide bonds. The first-order valence-electron chi connectivity index (χ1n) is 13.5. The van der Waals surface area contributed by atoms with Gasteiger partial charge < -0.3 is 19.5 Å². The quantitative estimate of drug-likeness (QED) is 0.164. The van der Waals surface area contributed by atoms with E-state index < -0.39 is 11.5 Å². The van der Waals surface area contributed by atoms with Gasteiger partial charge in [0.15, 0.2) is 0 Å². The van der Waals surface area contributed by atoms with Gasteiger partial charge in [-0.25, -0.2) is 4.98 Å². The fourth-order valence-corrected chi connectivity index (χ4v) is 5.86. The van der Waals surface area contributed by atoms with E-state index in [1.54, 1.807) is 7.11 Å². The monoisotopic (exact) mass is 598 g/mol. The van der Waals surface area contributed by atoms with Crippen LogP contribution in [0.15, 0.2) is 102 Å². The molecule has 5 aromatic rings. The van der Waals surface area contributed by atoms with Crippen molar-refractivity contribution < 1.29 is 14.6 Å². The largest absolute Gasteiger partial charge is 0.475 e. The van der Waals surface area contributed by atoms with Gasteiger partial charge >= 0.3 is 0 Å². The molecule has 4 aromatic carbocycles. The smallest absolute Gasteiger partial charge is 0.217 e. The summed E-state index contributed by atoms with van der Waals surface area (Å²) in [4.78, 5) is 7.09. The van der Waals surface area contributed by atoms with Crippen molar-refractivity contribution in [3.05, 3.63) is 118 Å². The van der Waals surface area contributed by atoms with Gasteiger partial charge in [0.1, 0.15) is 12.2 Å². The summed E-state index contributed by atoms with van der Waals surface area (Å²) in [5, 5.41) is 16.3.